The first-order valence-electron chi connectivity index (χ1n) is 5.48. The number of aryl methyl sites for hydroxylation is 2. The number of anilines is 1. The molecule has 4 nitrogen and oxygen atoms in total. The van der Waals surface area contributed by atoms with E-state index < -0.39 is 0 Å². The van der Waals surface area contributed by atoms with Crippen LogP contribution in [-0.4, -0.2) is 14.5 Å². The quantitative estimate of drug-likeness (QED) is 0.827. The fourth-order valence-corrected chi connectivity index (χ4v) is 2.24. The van der Waals surface area contributed by atoms with Gasteiger partial charge >= 0.3 is 0 Å². The van der Waals surface area contributed by atoms with E-state index in [9.17, 15) is 0 Å². The van der Waals surface area contributed by atoms with Gasteiger partial charge in [0, 0.05) is 18.1 Å². The number of hydrogen-bond acceptors (Lipinski definition) is 4. The van der Waals surface area contributed by atoms with Crippen LogP contribution in [0.2, 0.25) is 0 Å². The zero-order chi connectivity index (χ0) is 12.3. The monoisotopic (exact) mass is 248 g/mol. The molecule has 0 saturated carbocycles. The van der Waals surface area contributed by atoms with Gasteiger partial charge in [0.25, 0.3) is 0 Å². The van der Waals surface area contributed by atoms with Crippen molar-refractivity contribution >= 4 is 17.3 Å². The third kappa shape index (κ3) is 2.94. The van der Waals surface area contributed by atoms with Crippen molar-refractivity contribution in [1.82, 2.24) is 14.5 Å². The Morgan fingerprint density at radius 1 is 1.47 bits per heavy atom. The van der Waals surface area contributed by atoms with E-state index in [1.165, 1.54) is 0 Å². The highest BCUT2D eigenvalue weighted by Crippen LogP contribution is 2.12. The van der Waals surface area contributed by atoms with Gasteiger partial charge in [-0.1, -0.05) is 6.08 Å². The summed E-state index contributed by atoms with van der Waals surface area (Å²) in [5.41, 5.74) is 2.06. The van der Waals surface area contributed by atoms with Crippen molar-refractivity contribution in [3.8, 4) is 0 Å². The van der Waals surface area contributed by atoms with Gasteiger partial charge in [-0.05, 0) is 13.8 Å². The maximum atomic E-state index is 4.43. The van der Waals surface area contributed by atoms with Gasteiger partial charge in [0.05, 0.1) is 22.9 Å². The highest BCUT2D eigenvalue weighted by atomic mass is 32.1. The molecule has 2 heterocycles. The lowest BCUT2D eigenvalue weighted by atomic mass is 10.5. The molecule has 0 saturated heterocycles. The number of thiazole rings is 1. The van der Waals surface area contributed by atoms with Crippen LogP contribution in [0, 0.1) is 13.8 Å². The lowest BCUT2D eigenvalue weighted by molar-refractivity contribution is 0.817. The van der Waals surface area contributed by atoms with Gasteiger partial charge in [0.1, 0.15) is 0 Å². The van der Waals surface area contributed by atoms with E-state index >= 15 is 0 Å². The molecule has 0 aliphatic carbocycles. The Balaban J connectivity index is 2.05. The number of aromatic nitrogens is 3. The maximum Gasteiger partial charge on any atom is 0.203 e. The molecule has 0 aliphatic heterocycles. The summed E-state index contributed by atoms with van der Waals surface area (Å²) >= 11 is 1.66. The van der Waals surface area contributed by atoms with Crippen molar-refractivity contribution < 1.29 is 0 Å². The molecule has 0 fully saturated rings. The first-order valence-corrected chi connectivity index (χ1v) is 6.36. The van der Waals surface area contributed by atoms with Gasteiger partial charge in [-0.15, -0.1) is 17.9 Å². The van der Waals surface area contributed by atoms with Crippen LogP contribution in [0.25, 0.3) is 0 Å². The Morgan fingerprint density at radius 2 is 2.29 bits per heavy atom. The Hall–Kier alpha value is -1.62. The van der Waals surface area contributed by atoms with Gasteiger partial charge in [0.15, 0.2) is 0 Å². The summed E-state index contributed by atoms with van der Waals surface area (Å²) in [5, 5.41) is 6.45. The van der Waals surface area contributed by atoms with Crippen LogP contribution in [0.4, 0.5) is 5.95 Å². The molecule has 0 aliphatic rings. The maximum absolute atomic E-state index is 4.43. The minimum Gasteiger partial charge on any atom is -0.350 e. The fraction of sp³-hybridized carbons (Fsp3) is 0.333. The van der Waals surface area contributed by atoms with E-state index in [4.69, 9.17) is 0 Å². The molecule has 0 amide bonds. The van der Waals surface area contributed by atoms with Crippen molar-refractivity contribution in [1.29, 1.82) is 0 Å². The summed E-state index contributed by atoms with van der Waals surface area (Å²) < 4.78 is 2.04. The first-order chi connectivity index (χ1) is 8.19. The summed E-state index contributed by atoms with van der Waals surface area (Å²) in [6.45, 7) is 9.21. The second-order valence-corrected chi connectivity index (χ2v) is 4.92. The molecule has 0 radical (unpaired) electrons. The van der Waals surface area contributed by atoms with E-state index in [2.05, 4.69) is 27.2 Å². The summed E-state index contributed by atoms with van der Waals surface area (Å²) in [5.74, 6) is 0.869. The summed E-state index contributed by atoms with van der Waals surface area (Å²) in [6.07, 6.45) is 3.87. The number of hydrogen-bond donors (Lipinski definition) is 1. The number of nitrogens with one attached hydrogen (secondary N) is 1. The topological polar surface area (TPSA) is 42.7 Å². The van der Waals surface area contributed by atoms with Crippen molar-refractivity contribution in [3.05, 3.63) is 40.6 Å². The Kier molecular flexibility index (Phi) is 3.58. The second kappa shape index (κ2) is 5.14. The largest absolute Gasteiger partial charge is 0.350 e. The summed E-state index contributed by atoms with van der Waals surface area (Å²) in [4.78, 5) is 8.84. The van der Waals surface area contributed by atoms with Crippen LogP contribution < -0.4 is 5.32 Å². The van der Waals surface area contributed by atoms with E-state index in [1.54, 1.807) is 11.3 Å². The molecule has 0 aromatic carbocycles. The third-order valence-corrected chi connectivity index (χ3v) is 3.14. The van der Waals surface area contributed by atoms with Crippen LogP contribution in [0.3, 0.4) is 0 Å². The summed E-state index contributed by atoms with van der Waals surface area (Å²) in [7, 11) is 0. The number of allylic oxidation sites excluding steroid dienone is 1. The van der Waals surface area contributed by atoms with Crippen LogP contribution in [0.1, 0.15) is 16.4 Å². The molecule has 0 spiro atoms. The average molecular weight is 248 g/mol. The van der Waals surface area contributed by atoms with Crippen molar-refractivity contribution in [2.45, 2.75) is 26.9 Å². The van der Waals surface area contributed by atoms with Gasteiger partial charge in [-0.25, -0.2) is 9.97 Å². The van der Waals surface area contributed by atoms with Crippen LogP contribution in [0.5, 0.6) is 0 Å². The highest BCUT2D eigenvalue weighted by Gasteiger charge is 2.05. The highest BCUT2D eigenvalue weighted by molar-refractivity contribution is 7.09. The van der Waals surface area contributed by atoms with E-state index in [0.717, 1.165) is 28.9 Å². The molecule has 2 rings (SSSR count). The van der Waals surface area contributed by atoms with Crippen LogP contribution in [0.15, 0.2) is 24.2 Å². The predicted octanol–water partition coefficient (Wildman–Crippen LogP) is 2.75. The van der Waals surface area contributed by atoms with Crippen molar-refractivity contribution in [2.75, 3.05) is 5.32 Å². The normalized spacial score (nSPS) is 10.5. The lowest BCUT2D eigenvalue weighted by Crippen LogP contribution is -2.06. The van der Waals surface area contributed by atoms with E-state index in [1.807, 2.05) is 30.7 Å². The SMILES string of the molecule is C=CCn1cc(C)nc1NCc1csc(C)n1. The average Bonchev–Trinajstić information content (AvgIpc) is 2.83. The van der Waals surface area contributed by atoms with Crippen LogP contribution >= 0.6 is 11.3 Å². The zero-order valence-electron chi connectivity index (χ0n) is 10.1. The van der Waals surface area contributed by atoms with Crippen LogP contribution in [-0.2, 0) is 13.1 Å². The van der Waals surface area contributed by atoms with Gasteiger partial charge in [-0.2, -0.15) is 0 Å². The molecule has 17 heavy (non-hydrogen) atoms. The Labute approximate surface area is 105 Å². The van der Waals surface area contributed by atoms with E-state index in [0.29, 0.717) is 6.54 Å². The lowest BCUT2D eigenvalue weighted by Gasteiger charge is -2.06. The number of nitrogens with zero attached hydrogens (tertiary/aromatic N) is 3. The standard InChI is InChI=1S/C12H16N4S/c1-4-5-16-7-9(2)14-12(16)13-6-11-8-17-10(3)15-11/h4,7-8H,1,5-6H2,2-3H3,(H,13,14). The first kappa shape index (κ1) is 11.9. The van der Waals surface area contributed by atoms with E-state index in [-0.39, 0.29) is 0 Å². The Morgan fingerprint density at radius 3 is 2.94 bits per heavy atom. The zero-order valence-corrected chi connectivity index (χ0v) is 10.9. The molecule has 90 valence electrons. The molecule has 2 aromatic heterocycles. The van der Waals surface area contributed by atoms with Crippen molar-refractivity contribution in [2.24, 2.45) is 0 Å². The number of imidazole rings is 1. The second-order valence-electron chi connectivity index (χ2n) is 3.86. The molecular formula is C12H16N4S. The van der Waals surface area contributed by atoms with Gasteiger partial charge in [0.2, 0.25) is 5.95 Å². The molecular weight excluding hydrogens is 232 g/mol. The molecule has 0 bridgehead atoms. The Bertz CT molecular complexity index is 512. The van der Waals surface area contributed by atoms with Gasteiger partial charge < -0.3 is 9.88 Å². The minimum absolute atomic E-state index is 0.706. The van der Waals surface area contributed by atoms with Gasteiger partial charge in [-0.3, -0.25) is 0 Å². The number of rotatable bonds is 5. The molecule has 0 atom stereocenters. The minimum atomic E-state index is 0.706. The molecule has 0 unspecified atom stereocenters. The molecule has 2 aromatic rings. The van der Waals surface area contributed by atoms with Crippen molar-refractivity contribution in [3.63, 3.8) is 0 Å². The fourth-order valence-electron chi connectivity index (χ4n) is 1.63. The summed E-state index contributed by atoms with van der Waals surface area (Å²) in [6, 6.07) is 0. The molecule has 5 heteroatoms. The predicted molar refractivity (Wildman–Crippen MR) is 71.3 cm³/mol. The third-order valence-electron chi connectivity index (χ3n) is 2.32. The smallest absolute Gasteiger partial charge is 0.203 e. The molecule has 1 N–H and O–H groups in total.